The zero-order valence-corrected chi connectivity index (χ0v) is 14.9. The molecule has 7 heteroatoms. The van der Waals surface area contributed by atoms with E-state index >= 15 is 0 Å². The van der Waals surface area contributed by atoms with E-state index in [4.69, 9.17) is 13.9 Å². The molecule has 1 atom stereocenters. The van der Waals surface area contributed by atoms with E-state index in [-0.39, 0.29) is 18.2 Å². The van der Waals surface area contributed by atoms with Gasteiger partial charge in [0.25, 0.3) is 0 Å². The summed E-state index contributed by atoms with van der Waals surface area (Å²) in [5, 5.41) is 4.34. The van der Waals surface area contributed by atoms with Crippen LogP contribution in [0.2, 0.25) is 0 Å². The minimum absolute atomic E-state index is 0. The van der Waals surface area contributed by atoms with E-state index in [2.05, 4.69) is 17.1 Å². The number of fused-ring (bicyclic) bond motifs is 1. The Morgan fingerprint density at radius 2 is 2.21 bits per heavy atom. The standard InChI is InChI=1S/C17H22N2O4.ClH/c1-11-9-19(7-6-18-11)10-12-4-5-14(21-2)16-13(12)8-15(23-16)17(20)22-3;/h4-5,8,11,18H,6-7,9-10H2,1-3H3;1H/t11-;/m1./s1. The molecule has 0 amide bonds. The van der Waals surface area contributed by atoms with Crippen LogP contribution in [0.4, 0.5) is 0 Å². The number of esters is 1. The number of carbonyl (C=O) groups is 1. The molecule has 0 saturated carbocycles. The third kappa shape index (κ3) is 3.66. The molecule has 0 unspecified atom stereocenters. The molecule has 24 heavy (non-hydrogen) atoms. The Labute approximate surface area is 147 Å². The molecule has 1 aromatic carbocycles. The summed E-state index contributed by atoms with van der Waals surface area (Å²) in [6, 6.07) is 6.13. The second kappa shape index (κ2) is 7.88. The highest BCUT2D eigenvalue weighted by molar-refractivity contribution is 5.95. The minimum Gasteiger partial charge on any atom is -0.493 e. The molecule has 1 aliphatic heterocycles. The van der Waals surface area contributed by atoms with E-state index < -0.39 is 5.97 Å². The number of methoxy groups -OCH3 is 2. The van der Waals surface area contributed by atoms with Crippen molar-refractivity contribution < 1.29 is 18.7 Å². The molecule has 1 N–H and O–H groups in total. The second-order valence-electron chi connectivity index (χ2n) is 5.86. The number of carbonyl (C=O) groups excluding carboxylic acids is 1. The molecule has 1 fully saturated rings. The second-order valence-corrected chi connectivity index (χ2v) is 5.86. The maximum atomic E-state index is 11.8. The summed E-state index contributed by atoms with van der Waals surface area (Å²) in [7, 11) is 2.93. The number of ether oxygens (including phenoxy) is 2. The Morgan fingerprint density at radius 1 is 1.42 bits per heavy atom. The molecule has 0 bridgehead atoms. The van der Waals surface area contributed by atoms with Crippen molar-refractivity contribution in [2.45, 2.75) is 19.5 Å². The van der Waals surface area contributed by atoms with Crippen molar-refractivity contribution in [2.24, 2.45) is 0 Å². The highest BCUT2D eigenvalue weighted by Crippen LogP contribution is 2.32. The lowest BCUT2D eigenvalue weighted by molar-refractivity contribution is 0.0567. The van der Waals surface area contributed by atoms with Gasteiger partial charge in [0, 0.05) is 37.6 Å². The van der Waals surface area contributed by atoms with Gasteiger partial charge in [-0.05, 0) is 24.6 Å². The van der Waals surface area contributed by atoms with E-state index in [0.717, 1.165) is 37.1 Å². The molecule has 6 nitrogen and oxygen atoms in total. The maximum absolute atomic E-state index is 11.8. The lowest BCUT2D eigenvalue weighted by Crippen LogP contribution is -2.48. The van der Waals surface area contributed by atoms with Crippen molar-refractivity contribution in [2.75, 3.05) is 33.9 Å². The first-order chi connectivity index (χ1) is 11.1. The third-order valence-electron chi connectivity index (χ3n) is 4.19. The number of nitrogens with zero attached hydrogens (tertiary/aromatic N) is 1. The van der Waals surface area contributed by atoms with E-state index in [1.54, 1.807) is 13.2 Å². The Kier molecular flexibility index (Phi) is 6.10. The van der Waals surface area contributed by atoms with Crippen molar-refractivity contribution in [3.05, 3.63) is 29.5 Å². The van der Waals surface area contributed by atoms with Crippen LogP contribution < -0.4 is 10.1 Å². The van der Waals surface area contributed by atoms with Gasteiger partial charge in [0.15, 0.2) is 11.3 Å². The first kappa shape index (κ1) is 18.6. The summed E-state index contributed by atoms with van der Waals surface area (Å²) >= 11 is 0. The SMILES string of the molecule is COC(=O)c1cc2c(CN3CCN[C@H](C)C3)ccc(OC)c2o1.Cl. The summed E-state index contributed by atoms with van der Waals surface area (Å²) in [5.41, 5.74) is 1.71. The van der Waals surface area contributed by atoms with Gasteiger partial charge in [-0.25, -0.2) is 4.79 Å². The quantitative estimate of drug-likeness (QED) is 0.851. The molecule has 2 aromatic rings. The number of nitrogens with one attached hydrogen (secondary N) is 1. The number of furan rings is 1. The average Bonchev–Trinajstić information content (AvgIpc) is 3.00. The predicted octanol–water partition coefficient (Wildman–Crippen LogP) is 2.44. The summed E-state index contributed by atoms with van der Waals surface area (Å²) < 4.78 is 15.8. The van der Waals surface area contributed by atoms with Crippen LogP contribution in [0, 0.1) is 0 Å². The van der Waals surface area contributed by atoms with Gasteiger partial charge in [-0.15, -0.1) is 12.4 Å². The van der Waals surface area contributed by atoms with Gasteiger partial charge in [0.1, 0.15) is 0 Å². The van der Waals surface area contributed by atoms with Gasteiger partial charge in [-0.1, -0.05) is 6.07 Å². The molecular weight excluding hydrogens is 332 g/mol. The summed E-state index contributed by atoms with van der Waals surface area (Å²) in [6.07, 6.45) is 0. The zero-order valence-electron chi connectivity index (χ0n) is 14.1. The van der Waals surface area contributed by atoms with Crippen LogP contribution in [0.1, 0.15) is 23.0 Å². The largest absolute Gasteiger partial charge is 0.493 e. The Bertz CT molecular complexity index is 716. The van der Waals surface area contributed by atoms with Crippen LogP contribution >= 0.6 is 12.4 Å². The van der Waals surface area contributed by atoms with Gasteiger partial charge in [0.05, 0.1) is 14.2 Å². The smallest absolute Gasteiger partial charge is 0.373 e. The van der Waals surface area contributed by atoms with Crippen LogP contribution in [-0.2, 0) is 11.3 Å². The number of rotatable bonds is 4. The van der Waals surface area contributed by atoms with Crippen LogP contribution in [0.5, 0.6) is 5.75 Å². The molecule has 1 aromatic heterocycles. The fourth-order valence-corrected chi connectivity index (χ4v) is 3.05. The van der Waals surface area contributed by atoms with Crippen LogP contribution in [-0.4, -0.2) is 50.8 Å². The van der Waals surface area contributed by atoms with E-state index in [1.165, 1.54) is 7.11 Å². The molecular formula is C17H23ClN2O4. The van der Waals surface area contributed by atoms with E-state index in [1.807, 2.05) is 12.1 Å². The van der Waals surface area contributed by atoms with Crippen molar-refractivity contribution >= 4 is 29.3 Å². The van der Waals surface area contributed by atoms with Crippen LogP contribution in [0.15, 0.2) is 22.6 Å². The summed E-state index contributed by atoms with van der Waals surface area (Å²) in [5.74, 6) is 0.333. The normalized spacial score (nSPS) is 18.2. The minimum atomic E-state index is -0.481. The molecule has 0 spiro atoms. The van der Waals surface area contributed by atoms with Crippen molar-refractivity contribution in [3.63, 3.8) is 0 Å². The fraction of sp³-hybridized carbons (Fsp3) is 0.471. The predicted molar refractivity (Wildman–Crippen MR) is 94.1 cm³/mol. The van der Waals surface area contributed by atoms with Crippen molar-refractivity contribution in [3.8, 4) is 5.75 Å². The Morgan fingerprint density at radius 3 is 2.88 bits per heavy atom. The molecule has 3 rings (SSSR count). The average molecular weight is 355 g/mol. The number of hydrogen-bond acceptors (Lipinski definition) is 6. The van der Waals surface area contributed by atoms with Gasteiger partial charge in [-0.3, -0.25) is 4.90 Å². The molecule has 132 valence electrons. The molecule has 0 radical (unpaired) electrons. The van der Waals surface area contributed by atoms with Crippen LogP contribution in [0.25, 0.3) is 11.0 Å². The van der Waals surface area contributed by atoms with Gasteiger partial charge in [-0.2, -0.15) is 0 Å². The zero-order chi connectivity index (χ0) is 16.4. The first-order valence-corrected chi connectivity index (χ1v) is 7.76. The van der Waals surface area contributed by atoms with E-state index in [0.29, 0.717) is 17.4 Å². The number of benzene rings is 1. The highest BCUT2D eigenvalue weighted by atomic mass is 35.5. The molecule has 1 saturated heterocycles. The molecule has 2 heterocycles. The Balaban J connectivity index is 0.00000208. The lowest BCUT2D eigenvalue weighted by atomic mass is 10.1. The summed E-state index contributed by atoms with van der Waals surface area (Å²) in [6.45, 7) is 5.98. The van der Waals surface area contributed by atoms with E-state index in [9.17, 15) is 4.79 Å². The number of hydrogen-bond donors (Lipinski definition) is 1. The van der Waals surface area contributed by atoms with Gasteiger partial charge in [0.2, 0.25) is 5.76 Å². The topological polar surface area (TPSA) is 63.9 Å². The molecule has 0 aliphatic carbocycles. The molecule has 1 aliphatic rings. The summed E-state index contributed by atoms with van der Waals surface area (Å²) in [4.78, 5) is 14.1. The van der Waals surface area contributed by atoms with Gasteiger partial charge < -0.3 is 19.2 Å². The number of halogens is 1. The van der Waals surface area contributed by atoms with Crippen molar-refractivity contribution in [1.29, 1.82) is 0 Å². The third-order valence-corrected chi connectivity index (χ3v) is 4.19. The van der Waals surface area contributed by atoms with Crippen LogP contribution in [0.3, 0.4) is 0 Å². The lowest BCUT2D eigenvalue weighted by Gasteiger charge is -2.31. The number of piperazine rings is 1. The maximum Gasteiger partial charge on any atom is 0.373 e. The van der Waals surface area contributed by atoms with Gasteiger partial charge >= 0.3 is 5.97 Å². The highest BCUT2D eigenvalue weighted by Gasteiger charge is 2.21. The monoisotopic (exact) mass is 354 g/mol. The Hall–Kier alpha value is -1.76. The van der Waals surface area contributed by atoms with Crippen molar-refractivity contribution in [1.82, 2.24) is 10.2 Å². The fourth-order valence-electron chi connectivity index (χ4n) is 3.05. The first-order valence-electron chi connectivity index (χ1n) is 7.76.